The van der Waals surface area contributed by atoms with Crippen molar-refractivity contribution in [1.29, 1.82) is 0 Å². The topological polar surface area (TPSA) is 23.8 Å². The van der Waals surface area contributed by atoms with Gasteiger partial charge in [0.1, 0.15) is 0 Å². The highest BCUT2D eigenvalue weighted by Gasteiger charge is 2.16. The summed E-state index contributed by atoms with van der Waals surface area (Å²) in [5.41, 5.74) is 12.1. The summed E-state index contributed by atoms with van der Waals surface area (Å²) in [7, 11) is 0. The Bertz CT molecular complexity index is 635. The van der Waals surface area contributed by atoms with Gasteiger partial charge in [-0.2, -0.15) is 0 Å². The number of benzene rings is 3. The lowest BCUT2D eigenvalue weighted by atomic mass is 9.85. The summed E-state index contributed by atoms with van der Waals surface area (Å²) in [5, 5.41) is 0. The SMILES string of the molecule is [NH]c1cccc(C(c2ccccc2)c2ccccc2)c1. The maximum absolute atomic E-state index is 7.85. The molecule has 0 saturated heterocycles. The first-order valence-electron chi connectivity index (χ1n) is 6.76. The van der Waals surface area contributed by atoms with E-state index in [4.69, 9.17) is 5.73 Å². The molecule has 0 fully saturated rings. The minimum Gasteiger partial charge on any atom is -0.301 e. The number of rotatable bonds is 3. The van der Waals surface area contributed by atoms with Gasteiger partial charge >= 0.3 is 0 Å². The van der Waals surface area contributed by atoms with Gasteiger partial charge in [-0.25, -0.2) is 0 Å². The molecule has 3 aromatic rings. The van der Waals surface area contributed by atoms with Crippen molar-refractivity contribution >= 4 is 5.69 Å². The van der Waals surface area contributed by atoms with Crippen LogP contribution in [0.15, 0.2) is 84.9 Å². The van der Waals surface area contributed by atoms with E-state index in [1.54, 1.807) is 0 Å². The lowest BCUT2D eigenvalue weighted by Gasteiger charge is -2.19. The Balaban J connectivity index is 2.14. The minimum absolute atomic E-state index is 0.183. The second-order valence-electron chi connectivity index (χ2n) is 4.88. The van der Waals surface area contributed by atoms with Crippen LogP contribution in [0, 0.1) is 0 Å². The summed E-state index contributed by atoms with van der Waals surface area (Å²) in [5.74, 6) is 0.183. The van der Waals surface area contributed by atoms with Crippen LogP contribution in [0.25, 0.3) is 0 Å². The molecule has 0 aromatic heterocycles. The van der Waals surface area contributed by atoms with Crippen LogP contribution in [-0.4, -0.2) is 0 Å². The van der Waals surface area contributed by atoms with Crippen LogP contribution in [0.3, 0.4) is 0 Å². The Kier molecular flexibility index (Phi) is 3.51. The molecule has 0 spiro atoms. The molecule has 1 radical (unpaired) electrons. The third-order valence-electron chi connectivity index (χ3n) is 3.49. The van der Waals surface area contributed by atoms with Crippen molar-refractivity contribution < 1.29 is 0 Å². The minimum atomic E-state index is 0.183. The lowest BCUT2D eigenvalue weighted by Crippen LogP contribution is -2.03. The average Bonchev–Trinajstić information content (AvgIpc) is 2.50. The van der Waals surface area contributed by atoms with E-state index in [2.05, 4.69) is 54.6 Å². The van der Waals surface area contributed by atoms with Crippen LogP contribution in [0.5, 0.6) is 0 Å². The van der Waals surface area contributed by atoms with E-state index in [1.807, 2.05) is 30.3 Å². The molecule has 0 saturated carbocycles. The molecular formula is C19H16N. The maximum atomic E-state index is 7.85. The molecule has 0 unspecified atom stereocenters. The van der Waals surface area contributed by atoms with Crippen molar-refractivity contribution in [1.82, 2.24) is 5.73 Å². The van der Waals surface area contributed by atoms with E-state index in [9.17, 15) is 0 Å². The van der Waals surface area contributed by atoms with Crippen molar-refractivity contribution in [3.05, 3.63) is 102 Å². The molecule has 1 heteroatoms. The zero-order valence-corrected chi connectivity index (χ0v) is 11.2. The molecule has 1 nitrogen and oxygen atoms in total. The van der Waals surface area contributed by atoms with Crippen molar-refractivity contribution in [2.45, 2.75) is 5.92 Å². The van der Waals surface area contributed by atoms with Gasteiger partial charge in [-0.05, 0) is 28.8 Å². The molecule has 0 aliphatic carbocycles. The van der Waals surface area contributed by atoms with Gasteiger partial charge < -0.3 is 5.73 Å². The Labute approximate surface area is 119 Å². The Morgan fingerprint density at radius 2 is 1.05 bits per heavy atom. The van der Waals surface area contributed by atoms with Gasteiger partial charge in [0.05, 0.1) is 5.69 Å². The zero-order chi connectivity index (χ0) is 13.8. The van der Waals surface area contributed by atoms with Gasteiger partial charge in [-0.3, -0.25) is 0 Å². The van der Waals surface area contributed by atoms with Crippen molar-refractivity contribution in [2.75, 3.05) is 0 Å². The van der Waals surface area contributed by atoms with E-state index in [-0.39, 0.29) is 5.92 Å². The molecule has 0 atom stereocenters. The van der Waals surface area contributed by atoms with E-state index >= 15 is 0 Å². The molecule has 0 aliphatic heterocycles. The highest BCUT2D eigenvalue weighted by Crippen LogP contribution is 2.32. The fourth-order valence-electron chi connectivity index (χ4n) is 2.59. The zero-order valence-electron chi connectivity index (χ0n) is 11.2. The Morgan fingerprint density at radius 3 is 1.55 bits per heavy atom. The molecule has 3 rings (SSSR count). The standard InChI is InChI=1S/C19H16N/c20-18-13-7-12-17(14-18)19(15-8-3-1-4-9-15)16-10-5-2-6-11-16/h1-14,19-20H. The van der Waals surface area contributed by atoms with E-state index in [0.29, 0.717) is 5.69 Å². The molecule has 0 heterocycles. The smallest absolute Gasteiger partial charge is 0.0542 e. The Hall–Kier alpha value is -2.54. The summed E-state index contributed by atoms with van der Waals surface area (Å²) in [6, 6.07) is 28.7. The van der Waals surface area contributed by atoms with E-state index in [0.717, 1.165) is 5.56 Å². The first-order chi connectivity index (χ1) is 9.84. The van der Waals surface area contributed by atoms with Gasteiger partial charge in [-0.1, -0.05) is 72.8 Å². The van der Waals surface area contributed by atoms with Crippen LogP contribution in [-0.2, 0) is 0 Å². The third-order valence-corrected chi connectivity index (χ3v) is 3.49. The second-order valence-corrected chi connectivity index (χ2v) is 4.88. The fourth-order valence-corrected chi connectivity index (χ4v) is 2.59. The number of hydrogen-bond acceptors (Lipinski definition) is 0. The summed E-state index contributed by atoms with van der Waals surface area (Å²) >= 11 is 0. The van der Waals surface area contributed by atoms with Crippen LogP contribution in [0.1, 0.15) is 22.6 Å². The van der Waals surface area contributed by atoms with Gasteiger partial charge in [0, 0.05) is 5.92 Å². The molecule has 0 bridgehead atoms. The van der Waals surface area contributed by atoms with Crippen molar-refractivity contribution in [2.24, 2.45) is 0 Å². The molecule has 1 N–H and O–H groups in total. The second kappa shape index (κ2) is 5.62. The third kappa shape index (κ3) is 2.57. The summed E-state index contributed by atoms with van der Waals surface area (Å²) < 4.78 is 0. The van der Waals surface area contributed by atoms with Crippen LogP contribution < -0.4 is 5.73 Å². The maximum Gasteiger partial charge on any atom is 0.0542 e. The highest BCUT2D eigenvalue weighted by molar-refractivity contribution is 5.47. The quantitative estimate of drug-likeness (QED) is 0.604. The van der Waals surface area contributed by atoms with Gasteiger partial charge in [0.25, 0.3) is 0 Å². The predicted molar refractivity (Wildman–Crippen MR) is 83.0 cm³/mol. The number of nitrogens with one attached hydrogen (secondary N) is 1. The normalized spacial score (nSPS) is 10.7. The van der Waals surface area contributed by atoms with E-state index in [1.165, 1.54) is 11.1 Å². The molecular weight excluding hydrogens is 242 g/mol. The summed E-state index contributed by atoms with van der Waals surface area (Å²) in [6.07, 6.45) is 0. The van der Waals surface area contributed by atoms with Gasteiger partial charge in [0.2, 0.25) is 0 Å². The molecule has 20 heavy (non-hydrogen) atoms. The monoisotopic (exact) mass is 258 g/mol. The molecule has 0 amide bonds. The van der Waals surface area contributed by atoms with Crippen LogP contribution in [0.4, 0.5) is 5.69 Å². The first-order valence-corrected chi connectivity index (χ1v) is 6.76. The number of hydrogen-bond donors (Lipinski definition) is 0. The largest absolute Gasteiger partial charge is 0.301 e. The predicted octanol–water partition coefficient (Wildman–Crippen LogP) is 4.78. The molecule has 3 aromatic carbocycles. The fraction of sp³-hybridized carbons (Fsp3) is 0.0526. The Morgan fingerprint density at radius 1 is 0.550 bits per heavy atom. The lowest BCUT2D eigenvalue weighted by molar-refractivity contribution is 0.977. The molecule has 97 valence electrons. The first kappa shape index (κ1) is 12.5. The van der Waals surface area contributed by atoms with Crippen LogP contribution >= 0.6 is 0 Å². The van der Waals surface area contributed by atoms with E-state index < -0.39 is 0 Å². The van der Waals surface area contributed by atoms with Crippen molar-refractivity contribution in [3.8, 4) is 0 Å². The molecule has 0 aliphatic rings. The van der Waals surface area contributed by atoms with Crippen molar-refractivity contribution in [3.63, 3.8) is 0 Å². The summed E-state index contributed by atoms with van der Waals surface area (Å²) in [6.45, 7) is 0. The van der Waals surface area contributed by atoms with Crippen LogP contribution in [0.2, 0.25) is 0 Å². The van der Waals surface area contributed by atoms with Gasteiger partial charge in [-0.15, -0.1) is 0 Å². The summed E-state index contributed by atoms with van der Waals surface area (Å²) in [4.78, 5) is 0. The van der Waals surface area contributed by atoms with Gasteiger partial charge in [0.15, 0.2) is 0 Å². The average molecular weight is 258 g/mol. The highest BCUT2D eigenvalue weighted by atomic mass is 14.5.